The number of benzene rings is 2. The molecule has 1 aromatic heterocycles. The topological polar surface area (TPSA) is 78.1 Å². The number of aryl methyl sites for hydroxylation is 1. The predicted octanol–water partition coefficient (Wildman–Crippen LogP) is 4.12. The number of hydrogen-bond donors (Lipinski definition) is 2. The predicted molar refractivity (Wildman–Crippen MR) is 113 cm³/mol. The average Bonchev–Trinajstić information content (AvgIpc) is 3.29. The number of piperidine rings is 1. The van der Waals surface area contributed by atoms with E-state index in [1.165, 1.54) is 0 Å². The Hall–Kier alpha value is -3.55. The molecule has 1 unspecified atom stereocenters. The number of amides is 2. The summed E-state index contributed by atoms with van der Waals surface area (Å²) in [7, 11) is 0. The number of carbonyl (C=O) groups is 2. The molecule has 1 atom stereocenters. The molecule has 8 heteroatoms. The second kappa shape index (κ2) is 8.29. The SMILES string of the molecule is Cc1ccc(NC(=O)C2CN(C(=O)c3cccc(-c4ncc[nH]4)c3)CC(F)(F)C2)cc1. The summed E-state index contributed by atoms with van der Waals surface area (Å²) in [5.74, 6) is -4.65. The van der Waals surface area contributed by atoms with Crippen LogP contribution in [0.3, 0.4) is 0 Å². The smallest absolute Gasteiger partial charge is 0.266 e. The minimum Gasteiger partial charge on any atom is -0.345 e. The third kappa shape index (κ3) is 4.79. The van der Waals surface area contributed by atoms with Crippen LogP contribution >= 0.6 is 0 Å². The van der Waals surface area contributed by atoms with Gasteiger partial charge in [-0.3, -0.25) is 9.59 Å². The van der Waals surface area contributed by atoms with Gasteiger partial charge >= 0.3 is 0 Å². The lowest BCUT2D eigenvalue weighted by Crippen LogP contribution is -2.52. The van der Waals surface area contributed by atoms with Crippen LogP contribution in [0.15, 0.2) is 60.9 Å². The molecule has 2 N–H and O–H groups in total. The van der Waals surface area contributed by atoms with Crippen molar-refractivity contribution in [3.05, 3.63) is 72.1 Å². The van der Waals surface area contributed by atoms with E-state index < -0.39 is 36.6 Å². The molecule has 3 aromatic rings. The number of anilines is 1. The van der Waals surface area contributed by atoms with E-state index in [4.69, 9.17) is 0 Å². The second-order valence-corrected chi connectivity index (χ2v) is 7.82. The van der Waals surface area contributed by atoms with Crippen molar-refractivity contribution in [3.63, 3.8) is 0 Å². The fraction of sp³-hybridized carbons (Fsp3) is 0.261. The van der Waals surface area contributed by atoms with E-state index in [0.717, 1.165) is 10.5 Å². The van der Waals surface area contributed by atoms with Crippen LogP contribution in [0.5, 0.6) is 0 Å². The molecule has 4 rings (SSSR count). The number of aromatic nitrogens is 2. The van der Waals surface area contributed by atoms with Gasteiger partial charge in [0.2, 0.25) is 5.91 Å². The molecule has 1 aliphatic rings. The molecule has 160 valence electrons. The third-order valence-corrected chi connectivity index (χ3v) is 5.27. The molecule has 6 nitrogen and oxygen atoms in total. The van der Waals surface area contributed by atoms with Crippen LogP contribution in [0.1, 0.15) is 22.3 Å². The lowest BCUT2D eigenvalue weighted by Gasteiger charge is -2.37. The number of carbonyl (C=O) groups excluding carboxylic acids is 2. The Balaban J connectivity index is 1.51. The molecule has 2 amide bonds. The molecule has 0 radical (unpaired) electrons. The molecule has 0 saturated carbocycles. The van der Waals surface area contributed by atoms with Crippen LogP contribution in [0, 0.1) is 12.8 Å². The molecule has 1 saturated heterocycles. The van der Waals surface area contributed by atoms with Crippen molar-refractivity contribution in [2.45, 2.75) is 19.3 Å². The van der Waals surface area contributed by atoms with Gasteiger partial charge in [-0.15, -0.1) is 0 Å². The Kier molecular flexibility index (Phi) is 5.54. The van der Waals surface area contributed by atoms with Gasteiger partial charge in [0, 0.05) is 42.2 Å². The first kappa shape index (κ1) is 20.7. The lowest BCUT2D eigenvalue weighted by atomic mass is 9.93. The van der Waals surface area contributed by atoms with Crippen molar-refractivity contribution in [1.82, 2.24) is 14.9 Å². The number of imidazole rings is 1. The molecular weight excluding hydrogens is 402 g/mol. The van der Waals surface area contributed by atoms with E-state index in [-0.39, 0.29) is 12.1 Å². The van der Waals surface area contributed by atoms with Gasteiger partial charge in [-0.25, -0.2) is 13.8 Å². The molecule has 2 heterocycles. The Morgan fingerprint density at radius 2 is 1.97 bits per heavy atom. The highest BCUT2D eigenvalue weighted by atomic mass is 19.3. The largest absolute Gasteiger partial charge is 0.345 e. The van der Waals surface area contributed by atoms with Crippen LogP contribution in [0.2, 0.25) is 0 Å². The Labute approximate surface area is 178 Å². The number of nitrogens with one attached hydrogen (secondary N) is 2. The first-order valence-electron chi connectivity index (χ1n) is 9.95. The molecule has 0 bridgehead atoms. The monoisotopic (exact) mass is 424 g/mol. The van der Waals surface area contributed by atoms with Crippen LogP contribution in [0.25, 0.3) is 11.4 Å². The third-order valence-electron chi connectivity index (χ3n) is 5.27. The van der Waals surface area contributed by atoms with Crippen molar-refractivity contribution < 1.29 is 18.4 Å². The Morgan fingerprint density at radius 3 is 2.68 bits per heavy atom. The van der Waals surface area contributed by atoms with E-state index in [0.29, 0.717) is 17.1 Å². The quantitative estimate of drug-likeness (QED) is 0.661. The maximum absolute atomic E-state index is 14.4. The summed E-state index contributed by atoms with van der Waals surface area (Å²) in [5.41, 5.74) is 2.50. The maximum atomic E-state index is 14.4. The van der Waals surface area contributed by atoms with E-state index in [2.05, 4.69) is 15.3 Å². The normalized spacial score (nSPS) is 17.9. The van der Waals surface area contributed by atoms with Gasteiger partial charge in [0.25, 0.3) is 11.8 Å². The summed E-state index contributed by atoms with van der Waals surface area (Å²) in [6.07, 6.45) is 2.65. The highest BCUT2D eigenvalue weighted by Crippen LogP contribution is 2.32. The van der Waals surface area contributed by atoms with Crippen LogP contribution < -0.4 is 5.32 Å². The van der Waals surface area contributed by atoms with Gasteiger partial charge in [0.05, 0.1) is 12.5 Å². The summed E-state index contributed by atoms with van der Waals surface area (Å²) in [6.45, 7) is 1.12. The van der Waals surface area contributed by atoms with Crippen LogP contribution in [-0.2, 0) is 4.79 Å². The summed E-state index contributed by atoms with van der Waals surface area (Å²) in [4.78, 5) is 33.8. The fourth-order valence-corrected chi connectivity index (χ4v) is 3.72. The lowest BCUT2D eigenvalue weighted by molar-refractivity contribution is -0.130. The average molecular weight is 424 g/mol. The number of hydrogen-bond acceptors (Lipinski definition) is 3. The van der Waals surface area contributed by atoms with Crippen LogP contribution in [0.4, 0.5) is 14.5 Å². The number of halogens is 2. The molecule has 31 heavy (non-hydrogen) atoms. The van der Waals surface area contributed by atoms with Crippen molar-refractivity contribution in [3.8, 4) is 11.4 Å². The van der Waals surface area contributed by atoms with Gasteiger partial charge in [-0.05, 0) is 31.2 Å². The molecule has 2 aromatic carbocycles. The van der Waals surface area contributed by atoms with Crippen molar-refractivity contribution in [1.29, 1.82) is 0 Å². The second-order valence-electron chi connectivity index (χ2n) is 7.82. The molecule has 0 spiro atoms. The maximum Gasteiger partial charge on any atom is 0.266 e. The summed E-state index contributed by atoms with van der Waals surface area (Å²) in [6, 6.07) is 13.7. The zero-order chi connectivity index (χ0) is 22.0. The number of nitrogens with zero attached hydrogens (tertiary/aromatic N) is 2. The summed E-state index contributed by atoms with van der Waals surface area (Å²) < 4.78 is 28.9. The first-order chi connectivity index (χ1) is 14.8. The number of H-pyrrole nitrogens is 1. The number of alkyl halides is 2. The first-order valence-corrected chi connectivity index (χ1v) is 9.95. The minimum atomic E-state index is -3.15. The van der Waals surface area contributed by atoms with Gasteiger partial charge in [0.15, 0.2) is 0 Å². The van der Waals surface area contributed by atoms with E-state index >= 15 is 0 Å². The van der Waals surface area contributed by atoms with Gasteiger partial charge in [0.1, 0.15) is 5.82 Å². The molecule has 1 fully saturated rings. The Morgan fingerprint density at radius 1 is 1.19 bits per heavy atom. The fourth-order valence-electron chi connectivity index (χ4n) is 3.72. The summed E-state index contributed by atoms with van der Waals surface area (Å²) in [5, 5.41) is 2.68. The molecular formula is C23H22F2N4O2. The standard InChI is InChI=1S/C23H22F2N4O2/c1-15-5-7-19(8-6-15)28-21(30)18-12-23(24,25)14-29(13-18)22(31)17-4-2-3-16(11-17)20-26-9-10-27-20/h2-11,18H,12-14H2,1H3,(H,26,27)(H,28,30). The molecule has 0 aliphatic carbocycles. The highest BCUT2D eigenvalue weighted by molar-refractivity contribution is 5.97. The van der Waals surface area contributed by atoms with Gasteiger partial charge in [-0.2, -0.15) is 0 Å². The van der Waals surface area contributed by atoms with Gasteiger partial charge < -0.3 is 15.2 Å². The summed E-state index contributed by atoms with van der Waals surface area (Å²) >= 11 is 0. The van der Waals surface area contributed by atoms with Crippen molar-refractivity contribution in [2.75, 3.05) is 18.4 Å². The van der Waals surface area contributed by atoms with Crippen LogP contribution in [-0.4, -0.2) is 45.7 Å². The minimum absolute atomic E-state index is 0.0723. The number of rotatable bonds is 4. The highest BCUT2D eigenvalue weighted by Gasteiger charge is 2.44. The zero-order valence-electron chi connectivity index (χ0n) is 16.9. The number of likely N-dealkylation sites (tertiary alicyclic amines) is 1. The van der Waals surface area contributed by atoms with E-state index in [1.54, 1.807) is 48.8 Å². The Bertz CT molecular complexity index is 1080. The van der Waals surface area contributed by atoms with E-state index in [9.17, 15) is 18.4 Å². The number of aromatic amines is 1. The zero-order valence-corrected chi connectivity index (χ0v) is 16.9. The molecule has 1 aliphatic heterocycles. The van der Waals surface area contributed by atoms with Crippen molar-refractivity contribution in [2.24, 2.45) is 5.92 Å². The van der Waals surface area contributed by atoms with E-state index in [1.807, 2.05) is 19.1 Å². The van der Waals surface area contributed by atoms with Gasteiger partial charge in [-0.1, -0.05) is 29.8 Å². The van der Waals surface area contributed by atoms with Crippen molar-refractivity contribution >= 4 is 17.5 Å².